The number of carbonyl (C=O) groups excluding carboxylic acids is 1. The van der Waals surface area contributed by atoms with Crippen LogP contribution in [0.4, 0.5) is 0 Å². The van der Waals surface area contributed by atoms with Crippen molar-refractivity contribution in [2.75, 3.05) is 33.8 Å². The number of likely N-dealkylation sites (tertiary alicyclic amines) is 1. The van der Waals surface area contributed by atoms with E-state index in [9.17, 15) is 4.79 Å². The summed E-state index contributed by atoms with van der Waals surface area (Å²) < 4.78 is 11.3. The Bertz CT molecular complexity index is 525. The fourth-order valence-electron chi connectivity index (χ4n) is 3.52. The molecule has 1 spiro atoms. The summed E-state index contributed by atoms with van der Waals surface area (Å²) in [6, 6.07) is 2.30. The molecule has 2 atom stereocenters. The van der Waals surface area contributed by atoms with Crippen LogP contribution in [0, 0.1) is 6.92 Å². The lowest BCUT2D eigenvalue weighted by Gasteiger charge is -2.40. The normalized spacial score (nSPS) is 29.5. The number of amides is 1. The van der Waals surface area contributed by atoms with Crippen molar-refractivity contribution >= 4 is 5.91 Å². The van der Waals surface area contributed by atoms with E-state index < -0.39 is 0 Å². The summed E-state index contributed by atoms with van der Waals surface area (Å²) in [5, 5.41) is 0. The fourth-order valence-corrected chi connectivity index (χ4v) is 3.52. The van der Waals surface area contributed by atoms with Crippen molar-refractivity contribution in [3.8, 4) is 0 Å². The van der Waals surface area contributed by atoms with E-state index >= 15 is 0 Å². The molecule has 1 amide bonds. The molecule has 21 heavy (non-hydrogen) atoms. The van der Waals surface area contributed by atoms with Crippen LogP contribution >= 0.6 is 0 Å². The summed E-state index contributed by atoms with van der Waals surface area (Å²) in [6.45, 7) is 4.08. The third-order valence-corrected chi connectivity index (χ3v) is 4.89. The first-order chi connectivity index (χ1) is 10.0. The molecule has 2 fully saturated rings. The minimum absolute atomic E-state index is 0.0636. The molecule has 0 saturated carbocycles. The van der Waals surface area contributed by atoms with E-state index in [1.807, 2.05) is 11.8 Å². The molecule has 2 aliphatic heterocycles. The summed E-state index contributed by atoms with van der Waals surface area (Å²) in [5.41, 5.74) is 0.521. The van der Waals surface area contributed by atoms with Gasteiger partial charge in [-0.25, -0.2) is 0 Å². The number of carbonyl (C=O) groups is 1. The first-order valence-corrected chi connectivity index (χ1v) is 7.64. The van der Waals surface area contributed by atoms with Crippen LogP contribution in [0.25, 0.3) is 0 Å². The van der Waals surface area contributed by atoms with Crippen molar-refractivity contribution in [1.29, 1.82) is 0 Å². The second-order valence-electron chi connectivity index (χ2n) is 6.51. The van der Waals surface area contributed by atoms with Gasteiger partial charge in [-0.15, -0.1) is 0 Å². The highest BCUT2D eigenvalue weighted by Gasteiger charge is 2.45. The zero-order valence-corrected chi connectivity index (χ0v) is 13.1. The Kier molecular flexibility index (Phi) is 3.80. The molecule has 0 aromatic carbocycles. The zero-order valence-electron chi connectivity index (χ0n) is 13.1. The molecule has 1 aromatic rings. The van der Waals surface area contributed by atoms with Gasteiger partial charge in [-0.1, -0.05) is 0 Å². The Morgan fingerprint density at radius 1 is 1.48 bits per heavy atom. The Labute approximate surface area is 125 Å². The molecule has 1 aromatic heterocycles. The molecule has 0 unspecified atom stereocenters. The summed E-state index contributed by atoms with van der Waals surface area (Å²) >= 11 is 0. The molecular formula is C16H24N2O3. The van der Waals surface area contributed by atoms with Gasteiger partial charge in [-0.05, 0) is 46.3 Å². The fraction of sp³-hybridized carbons (Fsp3) is 0.688. The van der Waals surface area contributed by atoms with Gasteiger partial charge in [-0.3, -0.25) is 4.79 Å². The van der Waals surface area contributed by atoms with Crippen molar-refractivity contribution in [3.05, 3.63) is 23.7 Å². The van der Waals surface area contributed by atoms with E-state index in [4.69, 9.17) is 9.15 Å². The summed E-state index contributed by atoms with van der Waals surface area (Å²) in [7, 11) is 4.24. The monoisotopic (exact) mass is 292 g/mol. The van der Waals surface area contributed by atoms with Gasteiger partial charge in [0, 0.05) is 19.2 Å². The molecule has 5 nitrogen and oxygen atoms in total. The maximum absolute atomic E-state index is 12.6. The van der Waals surface area contributed by atoms with Crippen LogP contribution in [0.2, 0.25) is 0 Å². The van der Waals surface area contributed by atoms with Crippen LogP contribution in [-0.4, -0.2) is 61.1 Å². The largest absolute Gasteiger partial charge is 0.469 e. The van der Waals surface area contributed by atoms with E-state index in [0.717, 1.165) is 32.4 Å². The number of nitrogens with zero attached hydrogens (tertiary/aromatic N) is 2. The second kappa shape index (κ2) is 5.46. The first kappa shape index (κ1) is 14.6. The smallest absolute Gasteiger partial charge is 0.257 e. The lowest BCUT2D eigenvalue weighted by molar-refractivity contribution is -0.0917. The lowest BCUT2D eigenvalue weighted by Crippen LogP contribution is -2.48. The maximum Gasteiger partial charge on any atom is 0.257 e. The van der Waals surface area contributed by atoms with Gasteiger partial charge < -0.3 is 19.0 Å². The van der Waals surface area contributed by atoms with E-state index in [1.54, 1.807) is 12.3 Å². The van der Waals surface area contributed by atoms with E-state index in [1.165, 1.54) is 0 Å². The minimum atomic E-state index is -0.152. The van der Waals surface area contributed by atoms with Gasteiger partial charge in [0.15, 0.2) is 0 Å². The SMILES string of the molecule is Cc1occc1C(=O)N1CC[C@@]2(C[C@H](N(C)C)CCO2)C1. The third kappa shape index (κ3) is 2.72. The van der Waals surface area contributed by atoms with Gasteiger partial charge in [0.1, 0.15) is 5.76 Å². The topological polar surface area (TPSA) is 45.9 Å². The van der Waals surface area contributed by atoms with E-state index in [0.29, 0.717) is 23.9 Å². The van der Waals surface area contributed by atoms with Crippen molar-refractivity contribution < 1.29 is 13.9 Å². The second-order valence-corrected chi connectivity index (χ2v) is 6.51. The maximum atomic E-state index is 12.6. The predicted octanol–water partition coefficient (Wildman–Crippen LogP) is 1.91. The molecule has 0 radical (unpaired) electrons. The Morgan fingerprint density at radius 2 is 2.29 bits per heavy atom. The highest BCUT2D eigenvalue weighted by atomic mass is 16.5. The number of hydrogen-bond donors (Lipinski definition) is 0. The number of rotatable bonds is 2. The van der Waals surface area contributed by atoms with E-state index in [2.05, 4.69) is 19.0 Å². The van der Waals surface area contributed by atoms with Crippen molar-refractivity contribution in [3.63, 3.8) is 0 Å². The van der Waals surface area contributed by atoms with Crippen LogP contribution in [0.15, 0.2) is 16.7 Å². The molecule has 3 heterocycles. The third-order valence-electron chi connectivity index (χ3n) is 4.89. The van der Waals surface area contributed by atoms with Gasteiger partial charge in [0.25, 0.3) is 5.91 Å². The first-order valence-electron chi connectivity index (χ1n) is 7.64. The average Bonchev–Trinajstić information content (AvgIpc) is 3.05. The highest BCUT2D eigenvalue weighted by Crippen LogP contribution is 2.36. The number of aryl methyl sites for hydroxylation is 1. The van der Waals surface area contributed by atoms with Crippen molar-refractivity contribution in [1.82, 2.24) is 9.80 Å². The molecule has 5 heteroatoms. The summed E-state index contributed by atoms with van der Waals surface area (Å²) in [4.78, 5) is 16.8. The summed E-state index contributed by atoms with van der Waals surface area (Å²) in [6.07, 6.45) is 4.59. The standard InChI is InChI=1S/C16H24N2O3/c1-12-14(5-8-20-12)15(19)18-7-6-16(11-18)10-13(17(2)3)4-9-21-16/h5,8,13H,4,6-7,9-11H2,1-3H3/t13-,16-/m1/s1. The van der Waals surface area contributed by atoms with Crippen LogP contribution in [0.5, 0.6) is 0 Å². The van der Waals surface area contributed by atoms with Crippen LogP contribution in [0.1, 0.15) is 35.4 Å². The summed E-state index contributed by atoms with van der Waals surface area (Å²) in [5.74, 6) is 0.755. The molecule has 0 N–H and O–H groups in total. The molecule has 2 saturated heterocycles. The van der Waals surface area contributed by atoms with Crippen molar-refractivity contribution in [2.24, 2.45) is 0 Å². The molecule has 3 rings (SSSR count). The molecular weight excluding hydrogens is 268 g/mol. The zero-order chi connectivity index (χ0) is 15.0. The van der Waals surface area contributed by atoms with E-state index in [-0.39, 0.29) is 11.5 Å². The quantitative estimate of drug-likeness (QED) is 0.835. The van der Waals surface area contributed by atoms with Gasteiger partial charge in [0.2, 0.25) is 0 Å². The highest BCUT2D eigenvalue weighted by molar-refractivity contribution is 5.95. The molecule has 0 bridgehead atoms. The van der Waals surface area contributed by atoms with Gasteiger partial charge in [-0.2, -0.15) is 0 Å². The Balaban J connectivity index is 1.70. The van der Waals surface area contributed by atoms with Gasteiger partial charge in [0.05, 0.1) is 24.0 Å². The van der Waals surface area contributed by atoms with Crippen LogP contribution in [-0.2, 0) is 4.74 Å². The lowest BCUT2D eigenvalue weighted by atomic mass is 9.89. The number of hydrogen-bond acceptors (Lipinski definition) is 4. The predicted molar refractivity (Wildman–Crippen MR) is 79.4 cm³/mol. The Hall–Kier alpha value is -1.33. The number of furan rings is 1. The number of ether oxygens (including phenoxy) is 1. The van der Waals surface area contributed by atoms with Crippen LogP contribution < -0.4 is 0 Å². The minimum Gasteiger partial charge on any atom is -0.469 e. The molecule has 0 aliphatic carbocycles. The van der Waals surface area contributed by atoms with Crippen molar-refractivity contribution in [2.45, 2.75) is 37.8 Å². The molecule has 2 aliphatic rings. The molecule has 116 valence electrons. The van der Waals surface area contributed by atoms with Gasteiger partial charge >= 0.3 is 0 Å². The Morgan fingerprint density at radius 3 is 2.95 bits per heavy atom. The van der Waals surface area contributed by atoms with Crippen LogP contribution in [0.3, 0.4) is 0 Å². The average molecular weight is 292 g/mol.